The molecule has 86 valence electrons. The molecular weight excluding hydrogens is 250 g/mol. The third-order valence-electron chi connectivity index (χ3n) is 1.87. The van der Waals surface area contributed by atoms with Gasteiger partial charge in [-0.2, -0.15) is 0 Å². The van der Waals surface area contributed by atoms with Crippen LogP contribution in [0.25, 0.3) is 0 Å². The Morgan fingerprint density at radius 2 is 1.88 bits per heavy atom. The number of hydrogen-bond donors (Lipinski definition) is 0. The fourth-order valence-corrected chi connectivity index (χ4v) is 2.20. The predicted molar refractivity (Wildman–Crippen MR) is 65.8 cm³/mol. The minimum atomic E-state index is -1.09. The van der Waals surface area contributed by atoms with Crippen molar-refractivity contribution in [2.75, 3.05) is 12.5 Å². The molecule has 0 bridgehead atoms. The summed E-state index contributed by atoms with van der Waals surface area (Å²) in [5, 5.41) is 0. The number of carbonyl (C=O) groups is 1. The van der Waals surface area contributed by atoms with Gasteiger partial charge in [0.2, 0.25) is 0 Å². The molecule has 0 fully saturated rings. The predicted octanol–water partition coefficient (Wildman–Crippen LogP) is 3.71. The Bertz CT molecular complexity index is 424. The normalized spacial score (nSPS) is 10.0. The van der Waals surface area contributed by atoms with Crippen LogP contribution >= 0.6 is 23.5 Å². The van der Waals surface area contributed by atoms with Crippen molar-refractivity contribution in [3.63, 3.8) is 0 Å². The molecule has 0 N–H and O–H groups in total. The summed E-state index contributed by atoms with van der Waals surface area (Å²) in [6.07, 6.45) is 4.95. The maximum Gasteiger partial charge on any atom is 0.190 e. The van der Waals surface area contributed by atoms with E-state index in [1.165, 1.54) is 41.7 Å². The summed E-state index contributed by atoms with van der Waals surface area (Å²) in [6.45, 7) is 0. The van der Waals surface area contributed by atoms with E-state index in [2.05, 4.69) is 0 Å². The highest BCUT2D eigenvalue weighted by molar-refractivity contribution is 8.21. The molecule has 0 spiro atoms. The Morgan fingerprint density at radius 3 is 2.44 bits per heavy atom. The van der Waals surface area contributed by atoms with Crippen LogP contribution in [0.3, 0.4) is 0 Å². The van der Waals surface area contributed by atoms with Crippen molar-refractivity contribution in [1.29, 1.82) is 0 Å². The van der Waals surface area contributed by atoms with Crippen molar-refractivity contribution in [2.45, 2.75) is 0 Å². The quantitative estimate of drug-likeness (QED) is 0.607. The maximum atomic E-state index is 13.3. The fraction of sp³-hybridized carbons (Fsp3) is 0.182. The van der Waals surface area contributed by atoms with E-state index in [1.54, 1.807) is 0 Å². The zero-order valence-corrected chi connectivity index (χ0v) is 10.4. The number of benzene rings is 1. The summed E-state index contributed by atoms with van der Waals surface area (Å²) in [4.78, 5) is 11.6. The molecule has 0 atom stereocenters. The van der Waals surface area contributed by atoms with Gasteiger partial charge in [-0.3, -0.25) is 4.79 Å². The number of allylic oxidation sites excluding steroid dienone is 1. The van der Waals surface area contributed by atoms with Gasteiger partial charge in [0.15, 0.2) is 17.4 Å². The van der Waals surface area contributed by atoms with E-state index in [4.69, 9.17) is 0 Å². The van der Waals surface area contributed by atoms with Gasteiger partial charge in [0.1, 0.15) is 0 Å². The van der Waals surface area contributed by atoms with Crippen LogP contribution in [0.15, 0.2) is 28.5 Å². The van der Waals surface area contributed by atoms with Crippen molar-refractivity contribution in [2.24, 2.45) is 0 Å². The standard InChI is InChI=1S/C11H10F2OS2/c1-15-10(16-2)6-9(14)7-4-3-5-8(12)11(7)13/h3-6H,1-2H3. The molecule has 16 heavy (non-hydrogen) atoms. The lowest BCUT2D eigenvalue weighted by Gasteiger charge is -2.01. The van der Waals surface area contributed by atoms with E-state index < -0.39 is 17.4 Å². The van der Waals surface area contributed by atoms with E-state index in [1.807, 2.05) is 12.5 Å². The fourth-order valence-electron chi connectivity index (χ4n) is 1.08. The van der Waals surface area contributed by atoms with Gasteiger partial charge in [0, 0.05) is 10.3 Å². The van der Waals surface area contributed by atoms with Gasteiger partial charge in [-0.15, -0.1) is 23.5 Å². The average Bonchev–Trinajstić information content (AvgIpc) is 2.29. The van der Waals surface area contributed by atoms with Gasteiger partial charge < -0.3 is 0 Å². The Labute approximate surface area is 101 Å². The Kier molecular flexibility index (Phi) is 5.02. The number of rotatable bonds is 4. The first-order valence-corrected chi connectivity index (χ1v) is 6.83. The van der Waals surface area contributed by atoms with Crippen LogP contribution in [-0.2, 0) is 0 Å². The highest BCUT2D eigenvalue weighted by Gasteiger charge is 2.13. The van der Waals surface area contributed by atoms with Gasteiger partial charge in [0.05, 0.1) is 5.56 Å². The average molecular weight is 260 g/mol. The van der Waals surface area contributed by atoms with Crippen molar-refractivity contribution in [1.82, 2.24) is 0 Å². The van der Waals surface area contributed by atoms with Gasteiger partial charge in [-0.25, -0.2) is 8.78 Å². The number of halogens is 2. The topological polar surface area (TPSA) is 17.1 Å². The highest BCUT2D eigenvalue weighted by Crippen LogP contribution is 2.24. The van der Waals surface area contributed by atoms with Gasteiger partial charge in [0.25, 0.3) is 0 Å². The molecule has 0 aliphatic heterocycles. The van der Waals surface area contributed by atoms with Gasteiger partial charge >= 0.3 is 0 Å². The molecule has 5 heteroatoms. The molecule has 0 unspecified atom stereocenters. The Hall–Kier alpha value is -0.810. The second kappa shape index (κ2) is 6.06. The molecule has 0 aliphatic rings. The molecule has 0 saturated heterocycles. The zero-order chi connectivity index (χ0) is 12.1. The van der Waals surface area contributed by atoms with Crippen LogP contribution in [0, 0.1) is 11.6 Å². The van der Waals surface area contributed by atoms with Crippen LogP contribution in [0.5, 0.6) is 0 Å². The van der Waals surface area contributed by atoms with E-state index in [-0.39, 0.29) is 5.56 Å². The highest BCUT2D eigenvalue weighted by atomic mass is 32.2. The molecule has 1 aromatic carbocycles. The largest absolute Gasteiger partial charge is 0.289 e. The van der Waals surface area contributed by atoms with Crippen molar-refractivity contribution >= 4 is 29.3 Å². The molecule has 0 radical (unpaired) electrons. The molecule has 1 rings (SSSR count). The summed E-state index contributed by atoms with van der Waals surface area (Å²) >= 11 is 2.78. The third-order valence-corrected chi connectivity index (χ3v) is 3.91. The second-order valence-corrected chi connectivity index (χ2v) is 4.79. The van der Waals surface area contributed by atoms with Gasteiger partial charge in [-0.1, -0.05) is 6.07 Å². The molecule has 0 heterocycles. The number of carbonyl (C=O) groups excluding carboxylic acids is 1. The van der Waals surface area contributed by atoms with Crippen LogP contribution in [-0.4, -0.2) is 18.3 Å². The molecule has 0 aromatic heterocycles. The van der Waals surface area contributed by atoms with Crippen molar-refractivity contribution < 1.29 is 13.6 Å². The van der Waals surface area contributed by atoms with Crippen LogP contribution in [0.4, 0.5) is 8.78 Å². The molecule has 1 aromatic rings. The minimum absolute atomic E-state index is 0.236. The summed E-state index contributed by atoms with van der Waals surface area (Å²) in [6, 6.07) is 3.58. The van der Waals surface area contributed by atoms with E-state index in [9.17, 15) is 13.6 Å². The lowest BCUT2D eigenvalue weighted by atomic mass is 10.1. The molecular formula is C11H10F2OS2. The Morgan fingerprint density at radius 1 is 1.25 bits per heavy atom. The first-order chi connectivity index (χ1) is 7.60. The smallest absolute Gasteiger partial charge is 0.190 e. The van der Waals surface area contributed by atoms with Crippen LogP contribution < -0.4 is 0 Å². The Balaban J connectivity index is 3.06. The lowest BCUT2D eigenvalue weighted by Crippen LogP contribution is -2.01. The maximum absolute atomic E-state index is 13.3. The zero-order valence-electron chi connectivity index (χ0n) is 8.79. The molecule has 0 saturated carbocycles. The SMILES string of the molecule is CSC(=CC(=O)c1cccc(F)c1F)SC. The second-order valence-electron chi connectivity index (χ2n) is 2.84. The first-order valence-electron chi connectivity index (χ1n) is 4.38. The van der Waals surface area contributed by atoms with Crippen molar-refractivity contribution in [3.8, 4) is 0 Å². The van der Waals surface area contributed by atoms with Crippen molar-refractivity contribution in [3.05, 3.63) is 45.7 Å². The molecule has 1 nitrogen and oxygen atoms in total. The first kappa shape index (κ1) is 13.3. The minimum Gasteiger partial charge on any atom is -0.289 e. The molecule has 0 amide bonds. The summed E-state index contributed by atoms with van der Waals surface area (Å²) in [7, 11) is 0. The monoisotopic (exact) mass is 260 g/mol. The summed E-state index contributed by atoms with van der Waals surface area (Å²) < 4.78 is 26.9. The van der Waals surface area contributed by atoms with E-state index >= 15 is 0 Å². The number of hydrogen-bond acceptors (Lipinski definition) is 3. The number of ketones is 1. The summed E-state index contributed by atoms with van der Waals surface area (Å²) in [5.41, 5.74) is -0.236. The van der Waals surface area contributed by atoms with E-state index in [0.29, 0.717) is 0 Å². The van der Waals surface area contributed by atoms with Crippen LogP contribution in [0.1, 0.15) is 10.4 Å². The van der Waals surface area contributed by atoms with Crippen LogP contribution in [0.2, 0.25) is 0 Å². The van der Waals surface area contributed by atoms with E-state index in [0.717, 1.165) is 10.3 Å². The van der Waals surface area contributed by atoms with Gasteiger partial charge in [-0.05, 0) is 24.6 Å². The number of thioether (sulfide) groups is 2. The summed E-state index contributed by atoms with van der Waals surface area (Å²) in [5.74, 6) is -2.62. The molecule has 0 aliphatic carbocycles. The third kappa shape index (κ3) is 3.09. The lowest BCUT2D eigenvalue weighted by molar-refractivity contribution is 0.104.